The predicted molar refractivity (Wildman–Crippen MR) is 234 cm³/mol. The molecule has 0 saturated heterocycles. The van der Waals surface area contributed by atoms with Crippen molar-refractivity contribution >= 4 is 39.0 Å². The first kappa shape index (κ1) is 32.8. The van der Waals surface area contributed by atoms with Crippen LogP contribution in [-0.4, -0.2) is 0 Å². The Balaban J connectivity index is 1.15. The minimum atomic E-state index is -0.157. The van der Waals surface area contributed by atoms with Gasteiger partial charge in [-0.3, -0.25) is 0 Å². The fourth-order valence-corrected chi connectivity index (χ4v) is 10.1. The number of anilines is 3. The molecule has 0 unspecified atom stereocenters. The molecule has 1 aromatic heterocycles. The van der Waals surface area contributed by atoms with Crippen molar-refractivity contribution < 1.29 is 4.42 Å². The van der Waals surface area contributed by atoms with Gasteiger partial charge in [0, 0.05) is 38.5 Å². The van der Waals surface area contributed by atoms with Crippen molar-refractivity contribution in [2.24, 2.45) is 0 Å². The number of hydrogen-bond donors (Lipinski definition) is 0. The molecule has 0 radical (unpaired) electrons. The number of rotatable bonds is 5. The third kappa shape index (κ3) is 4.62. The first-order chi connectivity index (χ1) is 27.3. The smallest absolute Gasteiger partial charge is 0.136 e. The fraction of sp³-hybridized carbons (Fsp3) is 0.111. The molecule has 56 heavy (non-hydrogen) atoms. The van der Waals surface area contributed by atoms with Crippen molar-refractivity contribution in [1.29, 1.82) is 0 Å². The van der Waals surface area contributed by atoms with Gasteiger partial charge < -0.3 is 9.32 Å². The van der Waals surface area contributed by atoms with Gasteiger partial charge in [-0.1, -0.05) is 161 Å². The van der Waals surface area contributed by atoms with Gasteiger partial charge in [-0.2, -0.15) is 0 Å². The fourth-order valence-electron chi connectivity index (χ4n) is 10.1. The lowest BCUT2D eigenvalue weighted by Gasteiger charge is -2.31. The maximum absolute atomic E-state index is 6.35. The normalized spacial score (nSPS) is 14.4. The zero-order chi connectivity index (χ0) is 37.8. The Morgan fingerprint density at radius 2 is 0.946 bits per heavy atom. The minimum Gasteiger partial charge on any atom is -0.456 e. The van der Waals surface area contributed by atoms with E-state index in [9.17, 15) is 0 Å². The van der Waals surface area contributed by atoms with Gasteiger partial charge in [0.2, 0.25) is 0 Å². The van der Waals surface area contributed by atoms with Gasteiger partial charge in [-0.25, -0.2) is 0 Å². The second-order valence-corrected chi connectivity index (χ2v) is 16.5. The molecular weight excluding hydrogens is 679 g/mol. The van der Waals surface area contributed by atoms with Crippen molar-refractivity contribution in [3.05, 3.63) is 198 Å². The SMILES string of the molecule is CC1(C)c2ccccc2-c2ccc(N(c3cccc(-c4cccc5oc6ccccc6c45)c3)c3ccccc3-c3cccc4c3C(C)(C)c3ccccc3-4)cc21. The van der Waals surface area contributed by atoms with Gasteiger partial charge in [0.05, 0.1) is 5.69 Å². The molecule has 8 aromatic carbocycles. The van der Waals surface area contributed by atoms with E-state index in [1.165, 1.54) is 55.6 Å². The van der Waals surface area contributed by atoms with Crippen LogP contribution >= 0.6 is 0 Å². The van der Waals surface area contributed by atoms with Crippen LogP contribution in [0, 0.1) is 0 Å². The van der Waals surface area contributed by atoms with Gasteiger partial charge in [-0.15, -0.1) is 0 Å². The lowest BCUT2D eigenvalue weighted by molar-refractivity contribution is 0.660. The van der Waals surface area contributed by atoms with Crippen molar-refractivity contribution in [3.8, 4) is 44.5 Å². The predicted octanol–water partition coefficient (Wildman–Crippen LogP) is 15.0. The number of nitrogens with zero attached hydrogens (tertiary/aromatic N) is 1. The van der Waals surface area contributed by atoms with Crippen LogP contribution in [0.2, 0.25) is 0 Å². The first-order valence-electron chi connectivity index (χ1n) is 19.7. The number of hydrogen-bond acceptors (Lipinski definition) is 2. The lowest BCUT2D eigenvalue weighted by atomic mass is 9.78. The van der Waals surface area contributed by atoms with Gasteiger partial charge in [0.1, 0.15) is 11.2 Å². The average Bonchev–Trinajstić information content (AvgIpc) is 3.81. The summed E-state index contributed by atoms with van der Waals surface area (Å²) in [5.41, 5.74) is 20.5. The van der Waals surface area contributed by atoms with E-state index in [-0.39, 0.29) is 10.8 Å². The van der Waals surface area contributed by atoms with E-state index < -0.39 is 0 Å². The highest BCUT2D eigenvalue weighted by Crippen LogP contribution is 2.55. The van der Waals surface area contributed by atoms with Crippen molar-refractivity contribution in [2.45, 2.75) is 38.5 Å². The maximum Gasteiger partial charge on any atom is 0.136 e. The molecule has 0 spiro atoms. The Morgan fingerprint density at radius 3 is 1.77 bits per heavy atom. The van der Waals surface area contributed by atoms with E-state index in [0.717, 1.165) is 50.1 Å². The largest absolute Gasteiger partial charge is 0.456 e. The van der Waals surface area contributed by atoms with E-state index in [2.05, 4.69) is 202 Å². The third-order valence-corrected chi connectivity index (χ3v) is 12.7. The molecule has 9 aromatic rings. The Morgan fingerprint density at radius 1 is 0.393 bits per heavy atom. The van der Waals surface area contributed by atoms with E-state index in [4.69, 9.17) is 4.42 Å². The van der Waals surface area contributed by atoms with Crippen molar-refractivity contribution in [3.63, 3.8) is 0 Å². The minimum absolute atomic E-state index is 0.136. The van der Waals surface area contributed by atoms with Crippen LogP contribution in [-0.2, 0) is 10.8 Å². The Hall–Kier alpha value is -6.64. The van der Waals surface area contributed by atoms with Gasteiger partial charge >= 0.3 is 0 Å². The molecule has 0 fully saturated rings. The van der Waals surface area contributed by atoms with E-state index in [1.54, 1.807) is 0 Å². The van der Waals surface area contributed by atoms with E-state index in [1.807, 2.05) is 6.07 Å². The second-order valence-electron chi connectivity index (χ2n) is 16.5. The van der Waals surface area contributed by atoms with Crippen LogP contribution in [0.4, 0.5) is 17.1 Å². The van der Waals surface area contributed by atoms with E-state index in [0.29, 0.717) is 0 Å². The molecule has 2 heteroatoms. The molecule has 0 amide bonds. The summed E-state index contributed by atoms with van der Waals surface area (Å²) in [6.45, 7) is 9.49. The molecule has 0 saturated carbocycles. The molecule has 0 bridgehead atoms. The summed E-state index contributed by atoms with van der Waals surface area (Å²) in [6, 6.07) is 64.6. The summed E-state index contributed by atoms with van der Waals surface area (Å²) >= 11 is 0. The molecule has 2 aliphatic carbocycles. The summed E-state index contributed by atoms with van der Waals surface area (Å²) in [5, 5.41) is 2.28. The number of fused-ring (bicyclic) bond motifs is 9. The van der Waals surface area contributed by atoms with Crippen LogP contribution in [0.25, 0.3) is 66.4 Å². The zero-order valence-corrected chi connectivity index (χ0v) is 32.1. The maximum atomic E-state index is 6.35. The Bertz CT molecular complexity index is 3050. The quantitative estimate of drug-likeness (QED) is 0.176. The van der Waals surface area contributed by atoms with Crippen molar-refractivity contribution in [1.82, 2.24) is 0 Å². The molecule has 2 aliphatic rings. The average molecular weight is 720 g/mol. The van der Waals surface area contributed by atoms with Crippen LogP contribution in [0.15, 0.2) is 180 Å². The Kier molecular flexibility index (Phi) is 6.98. The molecule has 2 nitrogen and oxygen atoms in total. The van der Waals surface area contributed by atoms with Gasteiger partial charge in [0.25, 0.3) is 0 Å². The summed E-state index contributed by atoms with van der Waals surface area (Å²) in [5.74, 6) is 0. The topological polar surface area (TPSA) is 16.4 Å². The summed E-state index contributed by atoms with van der Waals surface area (Å²) in [6.07, 6.45) is 0. The summed E-state index contributed by atoms with van der Waals surface area (Å²) < 4.78 is 6.35. The van der Waals surface area contributed by atoms with Crippen molar-refractivity contribution in [2.75, 3.05) is 4.90 Å². The molecule has 1 heterocycles. The summed E-state index contributed by atoms with van der Waals surface area (Å²) in [4.78, 5) is 2.49. The molecule has 11 rings (SSSR count). The molecule has 268 valence electrons. The van der Waals surface area contributed by atoms with Crippen LogP contribution in [0.1, 0.15) is 49.9 Å². The highest BCUT2D eigenvalue weighted by Gasteiger charge is 2.39. The summed E-state index contributed by atoms with van der Waals surface area (Å²) in [7, 11) is 0. The molecule has 0 atom stereocenters. The van der Waals surface area contributed by atoms with Gasteiger partial charge in [0.15, 0.2) is 0 Å². The van der Waals surface area contributed by atoms with E-state index >= 15 is 0 Å². The monoisotopic (exact) mass is 719 g/mol. The molecular formula is C54H41NO. The second kappa shape index (κ2) is 11.9. The number of benzene rings is 8. The Labute approximate surface area is 328 Å². The molecule has 0 N–H and O–H groups in total. The highest BCUT2D eigenvalue weighted by atomic mass is 16.3. The zero-order valence-electron chi connectivity index (χ0n) is 32.1. The lowest BCUT2D eigenvalue weighted by Crippen LogP contribution is -2.18. The van der Waals surface area contributed by atoms with Crippen LogP contribution in [0.5, 0.6) is 0 Å². The third-order valence-electron chi connectivity index (χ3n) is 12.7. The van der Waals surface area contributed by atoms with Crippen LogP contribution in [0.3, 0.4) is 0 Å². The highest BCUT2D eigenvalue weighted by molar-refractivity contribution is 6.12. The standard InChI is InChI=1S/C54H41NO/c1-53(2)45-25-9-5-18-38(45)40-31-30-36(33-47(40)53)55(35-17-13-16-34(32-35)37-22-15-29-50-51(37)44-21-8-12-28-49(44)56-50)48-27-11-7-20-41(48)43-24-14-23-42-39-19-6-10-26-46(39)54(3,4)52(42)43/h5-33H,1-4H3. The number of furan rings is 1. The first-order valence-corrected chi connectivity index (χ1v) is 19.7. The molecule has 0 aliphatic heterocycles. The van der Waals surface area contributed by atoms with Crippen LogP contribution < -0.4 is 4.90 Å². The number of para-hydroxylation sites is 2. The van der Waals surface area contributed by atoms with Gasteiger partial charge in [-0.05, 0) is 104 Å².